The number of hydrogen-bond donors (Lipinski definition) is 0. The number of fused-ring (bicyclic) bond motifs is 7. The number of nitrogens with zero attached hydrogens (tertiary/aromatic N) is 3. The fourth-order valence-corrected chi connectivity index (χ4v) is 5.01. The zero-order valence-electron chi connectivity index (χ0n) is 17.4. The summed E-state index contributed by atoms with van der Waals surface area (Å²) in [6, 6.07) is 26.2. The molecule has 0 radical (unpaired) electrons. The van der Waals surface area contributed by atoms with Gasteiger partial charge in [0.15, 0.2) is 0 Å². The van der Waals surface area contributed by atoms with E-state index >= 15 is 0 Å². The number of rotatable bonds is 1. The molecule has 30 heavy (non-hydrogen) atoms. The molecule has 0 saturated carbocycles. The van der Waals surface area contributed by atoms with Crippen LogP contribution in [0.1, 0.15) is 20.8 Å². The Balaban J connectivity index is 1.92. The van der Waals surface area contributed by atoms with Crippen LogP contribution >= 0.6 is 0 Å². The quantitative estimate of drug-likeness (QED) is 0.296. The molecule has 6 rings (SSSR count). The molecule has 0 fully saturated rings. The molecular weight excluding hydrogens is 366 g/mol. The van der Waals surface area contributed by atoms with Gasteiger partial charge in [-0.3, -0.25) is 4.98 Å². The van der Waals surface area contributed by atoms with Crippen LogP contribution in [-0.2, 0) is 5.54 Å². The minimum Gasteiger partial charge on any atom is -0.335 e. The van der Waals surface area contributed by atoms with E-state index in [1.807, 2.05) is 18.5 Å². The van der Waals surface area contributed by atoms with Crippen molar-refractivity contribution in [2.24, 2.45) is 0 Å². The van der Waals surface area contributed by atoms with Crippen LogP contribution in [0, 0.1) is 0 Å². The molecule has 0 aliphatic carbocycles. The van der Waals surface area contributed by atoms with Crippen molar-refractivity contribution in [2.45, 2.75) is 26.3 Å². The highest BCUT2D eigenvalue weighted by Gasteiger charge is 2.23. The van der Waals surface area contributed by atoms with Gasteiger partial charge in [-0.2, -0.15) is 0 Å². The fraction of sp³-hybridized carbons (Fsp3) is 0.148. The Labute approximate surface area is 175 Å². The highest BCUT2D eigenvalue weighted by molar-refractivity contribution is 6.28. The lowest BCUT2D eigenvalue weighted by molar-refractivity contribution is 0.423. The molecular formula is C27H23N3. The molecule has 6 aromatic rings. The van der Waals surface area contributed by atoms with Crippen LogP contribution in [0.4, 0.5) is 0 Å². The highest BCUT2D eigenvalue weighted by Crippen LogP contribution is 2.42. The molecule has 0 aliphatic rings. The molecule has 0 saturated heterocycles. The van der Waals surface area contributed by atoms with E-state index < -0.39 is 0 Å². The van der Waals surface area contributed by atoms with E-state index in [2.05, 4.69) is 102 Å². The standard InChI is InChI=1S/C27H23N3/c1-27(2,3)30-22-13-7-5-11-20(22)26-24(30)15-14-23-25(26)19-10-4-6-12-21(19)29(23)18-9-8-16-28-17-18/h4-17H,1-3H3. The Kier molecular flexibility index (Phi) is 3.43. The second-order valence-corrected chi connectivity index (χ2v) is 8.94. The van der Waals surface area contributed by atoms with Crippen LogP contribution < -0.4 is 0 Å². The van der Waals surface area contributed by atoms with E-state index in [1.54, 1.807) is 0 Å². The van der Waals surface area contributed by atoms with Crippen LogP contribution in [0.15, 0.2) is 85.2 Å². The van der Waals surface area contributed by atoms with Crippen LogP contribution in [0.3, 0.4) is 0 Å². The maximum atomic E-state index is 4.38. The number of benzene rings is 3. The van der Waals surface area contributed by atoms with Crippen molar-refractivity contribution < 1.29 is 0 Å². The van der Waals surface area contributed by atoms with E-state index in [4.69, 9.17) is 0 Å². The predicted molar refractivity (Wildman–Crippen MR) is 127 cm³/mol. The van der Waals surface area contributed by atoms with Crippen LogP contribution in [0.25, 0.3) is 49.3 Å². The Morgan fingerprint density at radius 1 is 0.633 bits per heavy atom. The zero-order chi connectivity index (χ0) is 20.5. The van der Waals surface area contributed by atoms with E-state index in [0.717, 1.165) is 5.69 Å². The van der Waals surface area contributed by atoms with Crippen molar-refractivity contribution >= 4 is 43.6 Å². The fourth-order valence-electron chi connectivity index (χ4n) is 5.01. The molecule has 0 unspecified atom stereocenters. The molecule has 3 heterocycles. The van der Waals surface area contributed by atoms with Gasteiger partial charge < -0.3 is 9.13 Å². The summed E-state index contributed by atoms with van der Waals surface area (Å²) in [4.78, 5) is 4.38. The normalized spacial score (nSPS) is 12.5. The van der Waals surface area contributed by atoms with Gasteiger partial charge in [-0.05, 0) is 57.2 Å². The molecule has 0 atom stereocenters. The predicted octanol–water partition coefficient (Wildman–Crippen LogP) is 7.04. The minimum absolute atomic E-state index is 0.0171. The first kappa shape index (κ1) is 17.3. The van der Waals surface area contributed by atoms with Gasteiger partial charge in [0, 0.05) is 38.8 Å². The number of para-hydroxylation sites is 2. The summed E-state index contributed by atoms with van der Waals surface area (Å²) in [6.07, 6.45) is 3.76. The van der Waals surface area contributed by atoms with E-state index in [9.17, 15) is 0 Å². The molecule has 3 heteroatoms. The number of hydrogen-bond acceptors (Lipinski definition) is 1. The van der Waals surface area contributed by atoms with Gasteiger partial charge in [0.25, 0.3) is 0 Å². The lowest BCUT2D eigenvalue weighted by Crippen LogP contribution is -2.21. The van der Waals surface area contributed by atoms with Crippen LogP contribution in [0.2, 0.25) is 0 Å². The Hall–Kier alpha value is -3.59. The van der Waals surface area contributed by atoms with Gasteiger partial charge in [-0.25, -0.2) is 0 Å². The van der Waals surface area contributed by atoms with Gasteiger partial charge >= 0.3 is 0 Å². The highest BCUT2D eigenvalue weighted by atomic mass is 15.1. The number of pyridine rings is 1. The molecule has 0 N–H and O–H groups in total. The van der Waals surface area contributed by atoms with Crippen molar-refractivity contribution in [3.63, 3.8) is 0 Å². The molecule has 0 aliphatic heterocycles. The average molecular weight is 390 g/mol. The smallest absolute Gasteiger partial charge is 0.0645 e. The first-order valence-corrected chi connectivity index (χ1v) is 10.4. The third-order valence-corrected chi connectivity index (χ3v) is 6.05. The summed E-state index contributed by atoms with van der Waals surface area (Å²) in [5.74, 6) is 0. The topological polar surface area (TPSA) is 22.8 Å². The maximum Gasteiger partial charge on any atom is 0.0645 e. The molecule has 3 aromatic carbocycles. The average Bonchev–Trinajstić information content (AvgIpc) is 3.27. The van der Waals surface area contributed by atoms with Gasteiger partial charge in [-0.15, -0.1) is 0 Å². The van der Waals surface area contributed by atoms with Crippen molar-refractivity contribution in [1.82, 2.24) is 14.1 Å². The zero-order valence-corrected chi connectivity index (χ0v) is 17.4. The summed E-state index contributed by atoms with van der Waals surface area (Å²) in [5, 5.41) is 5.23. The van der Waals surface area contributed by atoms with Crippen LogP contribution in [0.5, 0.6) is 0 Å². The second-order valence-electron chi connectivity index (χ2n) is 8.94. The van der Waals surface area contributed by atoms with Crippen molar-refractivity contribution in [1.29, 1.82) is 0 Å². The van der Waals surface area contributed by atoms with Crippen molar-refractivity contribution in [3.05, 3.63) is 85.2 Å². The van der Waals surface area contributed by atoms with Gasteiger partial charge in [0.2, 0.25) is 0 Å². The molecule has 0 bridgehead atoms. The van der Waals surface area contributed by atoms with Crippen molar-refractivity contribution in [2.75, 3.05) is 0 Å². The Morgan fingerprint density at radius 3 is 1.97 bits per heavy atom. The molecule has 3 aromatic heterocycles. The van der Waals surface area contributed by atoms with Crippen molar-refractivity contribution in [3.8, 4) is 5.69 Å². The van der Waals surface area contributed by atoms with Crippen LogP contribution in [-0.4, -0.2) is 14.1 Å². The third kappa shape index (κ3) is 2.23. The molecule has 0 amide bonds. The largest absolute Gasteiger partial charge is 0.335 e. The summed E-state index contributed by atoms with van der Waals surface area (Å²) < 4.78 is 4.81. The molecule has 146 valence electrons. The minimum atomic E-state index is -0.0171. The summed E-state index contributed by atoms with van der Waals surface area (Å²) in [7, 11) is 0. The maximum absolute atomic E-state index is 4.38. The summed E-state index contributed by atoms with van der Waals surface area (Å²) in [5.41, 5.74) is 6.06. The van der Waals surface area contributed by atoms with Gasteiger partial charge in [0.05, 0.1) is 28.4 Å². The number of aromatic nitrogens is 3. The SMILES string of the molecule is CC(C)(C)n1c2ccccc2c2c3c4ccccc4n(-c4cccnc4)c3ccc21. The first-order valence-electron chi connectivity index (χ1n) is 10.4. The van der Waals surface area contributed by atoms with E-state index in [1.165, 1.54) is 43.6 Å². The Morgan fingerprint density at radius 2 is 1.27 bits per heavy atom. The second kappa shape index (κ2) is 5.96. The van der Waals surface area contributed by atoms with E-state index in [-0.39, 0.29) is 5.54 Å². The molecule has 0 spiro atoms. The lowest BCUT2D eigenvalue weighted by atomic mass is 10.1. The van der Waals surface area contributed by atoms with Gasteiger partial charge in [0.1, 0.15) is 0 Å². The summed E-state index contributed by atoms with van der Waals surface area (Å²) >= 11 is 0. The Bertz CT molecular complexity index is 1560. The summed E-state index contributed by atoms with van der Waals surface area (Å²) in [6.45, 7) is 6.84. The van der Waals surface area contributed by atoms with Gasteiger partial charge in [-0.1, -0.05) is 36.4 Å². The molecule has 3 nitrogen and oxygen atoms in total. The van der Waals surface area contributed by atoms with E-state index in [0.29, 0.717) is 0 Å². The monoisotopic (exact) mass is 389 g/mol. The third-order valence-electron chi connectivity index (χ3n) is 6.05. The first-order chi connectivity index (χ1) is 14.6. The lowest BCUT2D eigenvalue weighted by Gasteiger charge is -2.24.